The van der Waals surface area contributed by atoms with Crippen molar-refractivity contribution in [3.05, 3.63) is 34.9 Å². The Hall–Kier alpha value is -0.780. The molecule has 0 N–H and O–H groups in total. The Bertz CT molecular complexity index is 364. The summed E-state index contributed by atoms with van der Waals surface area (Å²) in [5, 5.41) is 0. The quantitative estimate of drug-likeness (QED) is 0.654. The number of benzene rings is 1. The summed E-state index contributed by atoms with van der Waals surface area (Å²) in [6.07, 6.45) is 1.21. The normalized spacial score (nSPS) is 12.9. The van der Waals surface area contributed by atoms with Crippen LogP contribution in [0.3, 0.4) is 0 Å². The average Bonchev–Trinajstić information content (AvgIpc) is 2.05. The van der Waals surface area contributed by atoms with Crippen LogP contribution in [0, 0.1) is 19.3 Å². The van der Waals surface area contributed by atoms with Crippen LogP contribution in [0.4, 0.5) is 0 Å². The molecule has 90 valence electrons. The van der Waals surface area contributed by atoms with Crippen molar-refractivity contribution in [2.45, 2.75) is 60.3 Å². The Kier molecular flexibility index (Phi) is 3.52. The third-order valence-electron chi connectivity index (χ3n) is 3.26. The number of hydrogen-bond donors (Lipinski definition) is 0. The molecule has 0 unspecified atom stereocenters. The smallest absolute Gasteiger partial charge is 0.00985 e. The monoisotopic (exact) mass is 218 g/mol. The molecule has 16 heavy (non-hydrogen) atoms. The van der Waals surface area contributed by atoms with Gasteiger partial charge in [0, 0.05) is 0 Å². The van der Waals surface area contributed by atoms with E-state index in [0.29, 0.717) is 5.41 Å². The van der Waals surface area contributed by atoms with E-state index in [-0.39, 0.29) is 5.41 Å². The molecule has 0 aliphatic heterocycles. The second-order valence-electron chi connectivity index (χ2n) is 6.92. The van der Waals surface area contributed by atoms with Gasteiger partial charge >= 0.3 is 0 Å². The van der Waals surface area contributed by atoms with Crippen molar-refractivity contribution in [2.75, 3.05) is 0 Å². The van der Waals surface area contributed by atoms with Crippen molar-refractivity contribution < 1.29 is 0 Å². The van der Waals surface area contributed by atoms with Gasteiger partial charge in [0.25, 0.3) is 0 Å². The first kappa shape index (κ1) is 13.3. The molecule has 0 amide bonds. The summed E-state index contributed by atoms with van der Waals surface area (Å²) < 4.78 is 0. The first-order valence-electron chi connectivity index (χ1n) is 6.20. The third-order valence-corrected chi connectivity index (χ3v) is 3.26. The fraction of sp³-hybridized carbons (Fsp3) is 0.625. The van der Waals surface area contributed by atoms with Crippen LogP contribution in [-0.2, 0) is 5.41 Å². The largest absolute Gasteiger partial charge is 0.0601 e. The summed E-state index contributed by atoms with van der Waals surface area (Å²) in [4.78, 5) is 0. The van der Waals surface area contributed by atoms with Gasteiger partial charge in [-0.15, -0.1) is 0 Å². The highest BCUT2D eigenvalue weighted by Crippen LogP contribution is 2.36. The van der Waals surface area contributed by atoms with Crippen LogP contribution in [0.5, 0.6) is 0 Å². The SMILES string of the molecule is Cc1ccc(C(C)(C)CC(C)(C)C)cc1C. The lowest BCUT2D eigenvalue weighted by Crippen LogP contribution is -2.24. The Labute approximate surface area is 101 Å². The fourth-order valence-corrected chi connectivity index (χ4v) is 2.59. The summed E-state index contributed by atoms with van der Waals surface area (Å²) in [6.45, 7) is 16.0. The van der Waals surface area contributed by atoms with Crippen molar-refractivity contribution in [3.63, 3.8) is 0 Å². The molecule has 0 spiro atoms. The first-order valence-corrected chi connectivity index (χ1v) is 6.20. The van der Waals surface area contributed by atoms with Gasteiger partial charge in [-0.25, -0.2) is 0 Å². The van der Waals surface area contributed by atoms with Gasteiger partial charge in [0.15, 0.2) is 0 Å². The molecule has 0 aliphatic carbocycles. The highest BCUT2D eigenvalue weighted by atomic mass is 14.3. The lowest BCUT2D eigenvalue weighted by molar-refractivity contribution is 0.284. The van der Waals surface area contributed by atoms with Gasteiger partial charge in [0.05, 0.1) is 0 Å². The van der Waals surface area contributed by atoms with Gasteiger partial charge in [-0.2, -0.15) is 0 Å². The maximum absolute atomic E-state index is 2.35. The second-order valence-corrected chi connectivity index (χ2v) is 6.92. The average molecular weight is 218 g/mol. The van der Waals surface area contributed by atoms with E-state index < -0.39 is 0 Å². The van der Waals surface area contributed by atoms with Crippen LogP contribution in [0.25, 0.3) is 0 Å². The Morgan fingerprint density at radius 1 is 0.875 bits per heavy atom. The molecule has 0 saturated carbocycles. The molecule has 1 aromatic carbocycles. The summed E-state index contributed by atoms with van der Waals surface area (Å²) in [7, 11) is 0. The van der Waals surface area contributed by atoms with E-state index in [2.05, 4.69) is 66.7 Å². The van der Waals surface area contributed by atoms with Gasteiger partial charge in [0.2, 0.25) is 0 Å². The second kappa shape index (κ2) is 4.24. The highest BCUT2D eigenvalue weighted by molar-refractivity contribution is 5.34. The van der Waals surface area contributed by atoms with Crippen molar-refractivity contribution in [3.8, 4) is 0 Å². The molecule has 0 radical (unpaired) electrons. The highest BCUT2D eigenvalue weighted by Gasteiger charge is 2.27. The molecule has 1 rings (SSSR count). The molecule has 0 nitrogen and oxygen atoms in total. The van der Waals surface area contributed by atoms with Gasteiger partial charge in [-0.1, -0.05) is 52.8 Å². The Morgan fingerprint density at radius 2 is 1.44 bits per heavy atom. The lowest BCUT2D eigenvalue weighted by Gasteiger charge is -2.33. The van der Waals surface area contributed by atoms with E-state index in [1.54, 1.807) is 0 Å². The van der Waals surface area contributed by atoms with E-state index in [1.807, 2.05) is 0 Å². The molecular formula is C16H26. The summed E-state index contributed by atoms with van der Waals surface area (Å²) in [5.41, 5.74) is 4.89. The molecule has 0 heteroatoms. The maximum atomic E-state index is 2.35. The zero-order valence-electron chi connectivity index (χ0n) is 11.9. The van der Waals surface area contributed by atoms with E-state index in [1.165, 1.54) is 23.1 Å². The molecule has 0 bridgehead atoms. The van der Waals surface area contributed by atoms with Crippen LogP contribution < -0.4 is 0 Å². The summed E-state index contributed by atoms with van der Waals surface area (Å²) >= 11 is 0. The Morgan fingerprint density at radius 3 is 1.88 bits per heavy atom. The zero-order chi connectivity index (χ0) is 12.6. The molecule has 1 aromatic rings. The van der Waals surface area contributed by atoms with Gasteiger partial charge in [0.1, 0.15) is 0 Å². The number of rotatable bonds is 2. The minimum Gasteiger partial charge on any atom is -0.0601 e. The van der Waals surface area contributed by atoms with Crippen molar-refractivity contribution >= 4 is 0 Å². The Balaban J connectivity index is 3.02. The maximum Gasteiger partial charge on any atom is -0.00985 e. The van der Waals surface area contributed by atoms with Crippen LogP contribution in [0.15, 0.2) is 18.2 Å². The minimum atomic E-state index is 0.261. The van der Waals surface area contributed by atoms with Gasteiger partial charge in [-0.05, 0) is 47.8 Å². The van der Waals surface area contributed by atoms with Crippen LogP contribution in [0.2, 0.25) is 0 Å². The summed E-state index contributed by atoms with van der Waals surface area (Å²) in [6, 6.07) is 6.88. The van der Waals surface area contributed by atoms with Crippen LogP contribution in [0.1, 0.15) is 57.7 Å². The van der Waals surface area contributed by atoms with E-state index in [0.717, 1.165) is 0 Å². The van der Waals surface area contributed by atoms with E-state index in [4.69, 9.17) is 0 Å². The molecule has 0 fully saturated rings. The number of aryl methyl sites for hydroxylation is 2. The van der Waals surface area contributed by atoms with E-state index >= 15 is 0 Å². The lowest BCUT2D eigenvalue weighted by atomic mass is 9.72. The zero-order valence-corrected chi connectivity index (χ0v) is 11.9. The standard InChI is InChI=1S/C16H26/c1-12-8-9-14(10-13(12)2)16(6,7)11-15(3,4)5/h8-10H,11H2,1-7H3. The van der Waals surface area contributed by atoms with Crippen LogP contribution in [-0.4, -0.2) is 0 Å². The predicted octanol–water partition coefficient (Wildman–Crippen LogP) is 5.02. The van der Waals surface area contributed by atoms with Crippen molar-refractivity contribution in [2.24, 2.45) is 5.41 Å². The molecule has 0 heterocycles. The third kappa shape index (κ3) is 3.37. The number of hydrogen-bond acceptors (Lipinski definition) is 0. The molecule has 0 saturated heterocycles. The van der Waals surface area contributed by atoms with E-state index in [9.17, 15) is 0 Å². The predicted molar refractivity (Wildman–Crippen MR) is 73.0 cm³/mol. The summed E-state index contributed by atoms with van der Waals surface area (Å²) in [5.74, 6) is 0. The molecule has 0 atom stereocenters. The molecule has 0 aromatic heterocycles. The van der Waals surface area contributed by atoms with Crippen molar-refractivity contribution in [1.29, 1.82) is 0 Å². The molecular weight excluding hydrogens is 192 g/mol. The molecule has 0 aliphatic rings. The van der Waals surface area contributed by atoms with Crippen molar-refractivity contribution in [1.82, 2.24) is 0 Å². The van der Waals surface area contributed by atoms with Gasteiger partial charge < -0.3 is 0 Å². The van der Waals surface area contributed by atoms with Gasteiger partial charge in [-0.3, -0.25) is 0 Å². The minimum absolute atomic E-state index is 0.261. The van der Waals surface area contributed by atoms with Crippen LogP contribution >= 0.6 is 0 Å². The fourth-order valence-electron chi connectivity index (χ4n) is 2.59. The first-order chi connectivity index (χ1) is 7.12. The topological polar surface area (TPSA) is 0 Å².